The number of carboxylic acids is 1. The molecule has 2 fully saturated rings. The Labute approximate surface area is 112 Å². The average molecular weight is 270 g/mol. The molecule has 1 saturated carbocycles. The van der Waals surface area contributed by atoms with Crippen LogP contribution in [0.3, 0.4) is 0 Å². The van der Waals surface area contributed by atoms with Gasteiger partial charge in [-0.3, -0.25) is 4.79 Å². The Balaban J connectivity index is 1.86. The van der Waals surface area contributed by atoms with Crippen molar-refractivity contribution in [3.8, 4) is 0 Å². The molecule has 2 amide bonds. The Morgan fingerprint density at radius 3 is 2.58 bits per heavy atom. The molecule has 0 aromatic rings. The van der Waals surface area contributed by atoms with E-state index in [0.29, 0.717) is 25.4 Å². The standard InChI is InChI=1S/C13H22N2O4/c1-8-7-15(5-4-11(8)16)13(19)14-10(6-12(17)18)9-2-3-9/h8-11,16H,2-7H2,1H3,(H,14,19)(H,17,18). The number of carbonyl (C=O) groups is 2. The van der Waals surface area contributed by atoms with Crippen molar-refractivity contribution in [2.45, 2.75) is 44.8 Å². The third-order valence-electron chi connectivity index (χ3n) is 4.04. The first-order valence-electron chi connectivity index (χ1n) is 6.92. The number of hydrogen-bond donors (Lipinski definition) is 3. The van der Waals surface area contributed by atoms with Gasteiger partial charge in [-0.25, -0.2) is 4.79 Å². The first kappa shape index (κ1) is 14.1. The van der Waals surface area contributed by atoms with Crippen LogP contribution in [0.15, 0.2) is 0 Å². The van der Waals surface area contributed by atoms with E-state index in [0.717, 1.165) is 12.8 Å². The first-order valence-corrected chi connectivity index (χ1v) is 6.92. The summed E-state index contributed by atoms with van der Waals surface area (Å²) >= 11 is 0. The zero-order valence-electron chi connectivity index (χ0n) is 11.2. The van der Waals surface area contributed by atoms with Crippen LogP contribution in [0.5, 0.6) is 0 Å². The molecule has 0 radical (unpaired) electrons. The smallest absolute Gasteiger partial charge is 0.317 e. The van der Waals surface area contributed by atoms with E-state index in [1.165, 1.54) is 0 Å². The van der Waals surface area contributed by atoms with Gasteiger partial charge in [0.15, 0.2) is 0 Å². The number of nitrogens with zero attached hydrogens (tertiary/aromatic N) is 1. The van der Waals surface area contributed by atoms with Gasteiger partial charge in [0, 0.05) is 19.1 Å². The highest BCUT2D eigenvalue weighted by molar-refractivity contribution is 5.76. The molecule has 0 spiro atoms. The van der Waals surface area contributed by atoms with Gasteiger partial charge in [0.2, 0.25) is 0 Å². The van der Waals surface area contributed by atoms with E-state index >= 15 is 0 Å². The highest BCUT2D eigenvalue weighted by Crippen LogP contribution is 2.34. The van der Waals surface area contributed by atoms with E-state index in [1.807, 2.05) is 6.92 Å². The maximum absolute atomic E-state index is 12.1. The van der Waals surface area contributed by atoms with Gasteiger partial charge in [0.25, 0.3) is 0 Å². The lowest BCUT2D eigenvalue weighted by Crippen LogP contribution is -2.52. The number of aliphatic hydroxyl groups excluding tert-OH is 1. The number of aliphatic hydroxyl groups is 1. The quantitative estimate of drug-likeness (QED) is 0.699. The van der Waals surface area contributed by atoms with Crippen molar-refractivity contribution in [3.63, 3.8) is 0 Å². The lowest BCUT2D eigenvalue weighted by molar-refractivity contribution is -0.137. The van der Waals surface area contributed by atoms with Crippen LogP contribution in [-0.2, 0) is 4.79 Å². The summed E-state index contributed by atoms with van der Waals surface area (Å²) in [6.07, 6.45) is 2.22. The maximum atomic E-state index is 12.1. The van der Waals surface area contributed by atoms with Crippen LogP contribution >= 0.6 is 0 Å². The molecule has 6 nitrogen and oxygen atoms in total. The number of amides is 2. The fourth-order valence-electron chi connectivity index (χ4n) is 2.59. The van der Waals surface area contributed by atoms with Crippen molar-refractivity contribution < 1.29 is 19.8 Å². The summed E-state index contributed by atoms with van der Waals surface area (Å²) in [6.45, 7) is 2.97. The van der Waals surface area contributed by atoms with Crippen LogP contribution < -0.4 is 5.32 Å². The van der Waals surface area contributed by atoms with Crippen LogP contribution in [0.25, 0.3) is 0 Å². The zero-order valence-corrected chi connectivity index (χ0v) is 11.2. The fourth-order valence-corrected chi connectivity index (χ4v) is 2.59. The average Bonchev–Trinajstić information content (AvgIpc) is 3.15. The number of likely N-dealkylation sites (tertiary alicyclic amines) is 1. The Morgan fingerprint density at radius 1 is 1.37 bits per heavy atom. The third-order valence-corrected chi connectivity index (χ3v) is 4.04. The molecule has 2 rings (SSSR count). The Kier molecular flexibility index (Phi) is 4.29. The molecular weight excluding hydrogens is 248 g/mol. The summed E-state index contributed by atoms with van der Waals surface area (Å²) in [7, 11) is 0. The van der Waals surface area contributed by atoms with Gasteiger partial charge in [-0.05, 0) is 31.1 Å². The highest BCUT2D eigenvalue weighted by Gasteiger charge is 2.35. The number of rotatable bonds is 4. The molecule has 1 saturated heterocycles. The number of nitrogens with one attached hydrogen (secondary N) is 1. The minimum atomic E-state index is -0.875. The third kappa shape index (κ3) is 3.83. The number of carbonyl (C=O) groups excluding carboxylic acids is 1. The van der Waals surface area contributed by atoms with Gasteiger partial charge >= 0.3 is 12.0 Å². The number of hydrogen-bond acceptors (Lipinski definition) is 3. The summed E-state index contributed by atoms with van der Waals surface area (Å²) in [5.41, 5.74) is 0. The Morgan fingerprint density at radius 2 is 2.05 bits per heavy atom. The number of urea groups is 1. The molecule has 0 aromatic carbocycles. The Hall–Kier alpha value is -1.30. The molecule has 0 aromatic heterocycles. The van der Waals surface area contributed by atoms with E-state index < -0.39 is 5.97 Å². The van der Waals surface area contributed by atoms with E-state index in [9.17, 15) is 14.7 Å². The summed E-state index contributed by atoms with van der Waals surface area (Å²) < 4.78 is 0. The number of carboxylic acid groups (broad SMARTS) is 1. The molecule has 0 bridgehead atoms. The van der Waals surface area contributed by atoms with Crippen molar-refractivity contribution in [2.75, 3.05) is 13.1 Å². The second-order valence-electron chi connectivity index (χ2n) is 5.77. The van der Waals surface area contributed by atoms with Gasteiger partial charge in [-0.1, -0.05) is 6.92 Å². The van der Waals surface area contributed by atoms with Crippen LogP contribution in [0.4, 0.5) is 4.79 Å². The minimum absolute atomic E-state index is 0.0115. The second kappa shape index (κ2) is 5.77. The van der Waals surface area contributed by atoms with Gasteiger partial charge in [-0.15, -0.1) is 0 Å². The van der Waals surface area contributed by atoms with Crippen molar-refractivity contribution in [1.29, 1.82) is 0 Å². The predicted octanol–water partition coefficient (Wildman–Crippen LogP) is 0.652. The van der Waals surface area contributed by atoms with E-state index in [-0.39, 0.29) is 30.5 Å². The Bertz CT molecular complexity index is 357. The first-order chi connectivity index (χ1) is 8.97. The van der Waals surface area contributed by atoms with Crippen molar-refractivity contribution in [1.82, 2.24) is 10.2 Å². The van der Waals surface area contributed by atoms with Gasteiger partial charge in [-0.2, -0.15) is 0 Å². The monoisotopic (exact) mass is 270 g/mol. The molecule has 108 valence electrons. The molecule has 1 heterocycles. The lowest BCUT2D eigenvalue weighted by atomic mass is 9.97. The lowest BCUT2D eigenvalue weighted by Gasteiger charge is -2.35. The van der Waals surface area contributed by atoms with Crippen LogP contribution in [0, 0.1) is 11.8 Å². The summed E-state index contributed by atoms with van der Waals surface area (Å²) in [5.74, 6) is -0.495. The van der Waals surface area contributed by atoms with Gasteiger partial charge < -0.3 is 20.4 Å². The summed E-state index contributed by atoms with van der Waals surface area (Å²) in [5, 5.41) is 21.3. The normalized spacial score (nSPS) is 28.8. The number of aliphatic carboxylic acids is 1. The molecule has 3 atom stereocenters. The summed E-state index contributed by atoms with van der Waals surface area (Å²) in [4.78, 5) is 24.6. The van der Waals surface area contributed by atoms with Crippen molar-refractivity contribution in [2.24, 2.45) is 11.8 Å². The topological polar surface area (TPSA) is 89.9 Å². The zero-order chi connectivity index (χ0) is 14.0. The molecule has 1 aliphatic carbocycles. The molecular formula is C13H22N2O4. The minimum Gasteiger partial charge on any atom is -0.481 e. The molecule has 3 N–H and O–H groups in total. The van der Waals surface area contributed by atoms with E-state index in [1.54, 1.807) is 4.90 Å². The SMILES string of the molecule is CC1CN(C(=O)NC(CC(=O)O)C2CC2)CCC1O. The molecule has 3 unspecified atom stereocenters. The number of piperidine rings is 1. The molecule has 19 heavy (non-hydrogen) atoms. The second-order valence-corrected chi connectivity index (χ2v) is 5.77. The summed E-state index contributed by atoms with van der Waals surface area (Å²) in [6, 6.07) is -0.455. The molecule has 2 aliphatic rings. The maximum Gasteiger partial charge on any atom is 0.317 e. The predicted molar refractivity (Wildman–Crippen MR) is 68.7 cm³/mol. The van der Waals surface area contributed by atoms with Crippen molar-refractivity contribution >= 4 is 12.0 Å². The molecule has 6 heteroatoms. The molecule has 1 aliphatic heterocycles. The largest absolute Gasteiger partial charge is 0.481 e. The van der Waals surface area contributed by atoms with Crippen LogP contribution in [-0.4, -0.2) is 52.3 Å². The van der Waals surface area contributed by atoms with Gasteiger partial charge in [0.05, 0.1) is 12.5 Å². The fraction of sp³-hybridized carbons (Fsp3) is 0.846. The highest BCUT2D eigenvalue weighted by atomic mass is 16.4. The van der Waals surface area contributed by atoms with Crippen LogP contribution in [0.1, 0.15) is 32.6 Å². The van der Waals surface area contributed by atoms with E-state index in [4.69, 9.17) is 5.11 Å². The van der Waals surface area contributed by atoms with Crippen molar-refractivity contribution in [3.05, 3.63) is 0 Å². The van der Waals surface area contributed by atoms with Crippen LogP contribution in [0.2, 0.25) is 0 Å². The van der Waals surface area contributed by atoms with Gasteiger partial charge in [0.1, 0.15) is 0 Å². The van der Waals surface area contributed by atoms with E-state index in [2.05, 4.69) is 5.32 Å².